The maximum Gasteiger partial charge on any atom is 0.0691 e. The highest BCUT2D eigenvalue weighted by Gasteiger charge is 2.10. The Kier molecular flexibility index (Phi) is 3.46. The summed E-state index contributed by atoms with van der Waals surface area (Å²) in [5.74, 6) is 0. The van der Waals surface area contributed by atoms with Crippen LogP contribution in [-0.4, -0.2) is 5.11 Å². The molecule has 1 heterocycles. The molecule has 1 aromatic carbocycles. The monoisotopic (exact) mass is 382 g/mol. The molecular formula is C10H8BrIOS. The van der Waals surface area contributed by atoms with Crippen LogP contribution in [0.2, 0.25) is 0 Å². The summed E-state index contributed by atoms with van der Waals surface area (Å²) in [6.07, 6.45) is 0. The number of rotatable bonds is 2. The van der Waals surface area contributed by atoms with Gasteiger partial charge in [0.2, 0.25) is 0 Å². The molecule has 4 heteroatoms. The van der Waals surface area contributed by atoms with Crippen molar-refractivity contribution in [2.45, 2.75) is 11.9 Å². The number of hydrogen-bond donors (Lipinski definition) is 1. The number of fused-ring (bicyclic) bond motifs is 1. The average Bonchev–Trinajstić information content (AvgIpc) is 2.62. The number of thiophene rings is 1. The highest BCUT2D eigenvalue weighted by atomic mass is 127. The summed E-state index contributed by atoms with van der Waals surface area (Å²) in [4.78, 5) is 0. The maximum atomic E-state index is 9.37. The Hall–Kier alpha value is 0.350. The molecule has 0 unspecified atom stereocenters. The maximum absolute atomic E-state index is 9.37. The SMILES string of the molecule is OCc1c(CBr)c(I)cc2sccc12. The third-order valence-corrected chi connectivity index (χ3v) is 4.61. The van der Waals surface area contributed by atoms with Crippen molar-refractivity contribution in [3.05, 3.63) is 32.2 Å². The van der Waals surface area contributed by atoms with E-state index in [-0.39, 0.29) is 6.61 Å². The van der Waals surface area contributed by atoms with Gasteiger partial charge in [-0.1, -0.05) is 15.9 Å². The Morgan fingerprint density at radius 1 is 1.43 bits per heavy atom. The van der Waals surface area contributed by atoms with Crippen LogP contribution in [0.1, 0.15) is 11.1 Å². The van der Waals surface area contributed by atoms with Gasteiger partial charge in [-0.15, -0.1) is 11.3 Å². The molecule has 0 saturated heterocycles. The lowest BCUT2D eigenvalue weighted by atomic mass is 10.1. The van der Waals surface area contributed by atoms with E-state index in [0.717, 1.165) is 10.9 Å². The summed E-state index contributed by atoms with van der Waals surface area (Å²) >= 11 is 7.50. The van der Waals surface area contributed by atoms with Gasteiger partial charge in [-0.3, -0.25) is 0 Å². The van der Waals surface area contributed by atoms with E-state index >= 15 is 0 Å². The number of alkyl halides is 1. The second-order valence-electron chi connectivity index (χ2n) is 2.94. The van der Waals surface area contributed by atoms with Gasteiger partial charge < -0.3 is 5.11 Å². The zero-order chi connectivity index (χ0) is 10.1. The van der Waals surface area contributed by atoms with Crippen LogP contribution in [0.15, 0.2) is 17.5 Å². The molecule has 0 saturated carbocycles. The zero-order valence-corrected chi connectivity index (χ0v) is 11.8. The average molecular weight is 383 g/mol. The van der Waals surface area contributed by atoms with Crippen molar-refractivity contribution in [1.29, 1.82) is 0 Å². The van der Waals surface area contributed by atoms with Crippen LogP contribution in [0.4, 0.5) is 0 Å². The quantitative estimate of drug-likeness (QED) is 0.617. The van der Waals surface area contributed by atoms with Gasteiger partial charge in [-0.05, 0) is 56.6 Å². The van der Waals surface area contributed by atoms with Crippen LogP contribution in [0.3, 0.4) is 0 Å². The molecule has 2 aromatic rings. The Bertz CT molecular complexity index is 466. The van der Waals surface area contributed by atoms with Crippen molar-refractivity contribution in [3.8, 4) is 0 Å². The lowest BCUT2D eigenvalue weighted by Gasteiger charge is -2.08. The zero-order valence-electron chi connectivity index (χ0n) is 7.26. The van der Waals surface area contributed by atoms with Crippen molar-refractivity contribution in [3.63, 3.8) is 0 Å². The van der Waals surface area contributed by atoms with Gasteiger partial charge in [-0.25, -0.2) is 0 Å². The Balaban J connectivity index is 2.82. The van der Waals surface area contributed by atoms with Gasteiger partial charge in [0.05, 0.1) is 6.61 Å². The summed E-state index contributed by atoms with van der Waals surface area (Å²) in [5, 5.41) is 13.4. The molecule has 1 aromatic heterocycles. The van der Waals surface area contributed by atoms with Crippen LogP contribution in [-0.2, 0) is 11.9 Å². The fourth-order valence-corrected chi connectivity index (χ4v) is 4.57. The van der Waals surface area contributed by atoms with Crippen molar-refractivity contribution in [1.82, 2.24) is 0 Å². The van der Waals surface area contributed by atoms with Crippen LogP contribution in [0, 0.1) is 3.57 Å². The molecular weight excluding hydrogens is 375 g/mol. The van der Waals surface area contributed by atoms with Crippen molar-refractivity contribution in [2.75, 3.05) is 0 Å². The molecule has 0 fully saturated rings. The van der Waals surface area contributed by atoms with Gasteiger partial charge in [0.15, 0.2) is 0 Å². The van der Waals surface area contributed by atoms with E-state index in [1.54, 1.807) is 11.3 Å². The first-order valence-electron chi connectivity index (χ1n) is 4.12. The molecule has 2 rings (SSSR count). The highest BCUT2D eigenvalue weighted by molar-refractivity contribution is 14.1. The molecule has 1 nitrogen and oxygen atoms in total. The first-order chi connectivity index (χ1) is 6.77. The summed E-state index contributed by atoms with van der Waals surface area (Å²) in [5.41, 5.74) is 2.27. The topological polar surface area (TPSA) is 20.2 Å². The second kappa shape index (κ2) is 4.47. The van der Waals surface area contributed by atoms with Gasteiger partial charge in [0.25, 0.3) is 0 Å². The molecule has 0 radical (unpaired) electrons. The second-order valence-corrected chi connectivity index (χ2v) is 5.61. The molecule has 0 bridgehead atoms. The lowest BCUT2D eigenvalue weighted by molar-refractivity contribution is 0.282. The first-order valence-corrected chi connectivity index (χ1v) is 7.20. The molecule has 0 spiro atoms. The Morgan fingerprint density at radius 3 is 2.86 bits per heavy atom. The van der Waals surface area contributed by atoms with Crippen LogP contribution in [0.5, 0.6) is 0 Å². The third kappa shape index (κ3) is 1.73. The number of hydrogen-bond acceptors (Lipinski definition) is 2. The molecule has 0 atom stereocenters. The molecule has 14 heavy (non-hydrogen) atoms. The Labute approximate surface area is 108 Å². The molecule has 0 aliphatic carbocycles. The van der Waals surface area contributed by atoms with E-state index in [0.29, 0.717) is 0 Å². The van der Waals surface area contributed by atoms with Crippen molar-refractivity contribution in [2.24, 2.45) is 0 Å². The number of halogens is 2. The molecule has 74 valence electrons. The number of aliphatic hydroxyl groups excluding tert-OH is 1. The summed E-state index contributed by atoms with van der Waals surface area (Å²) in [7, 11) is 0. The van der Waals surface area contributed by atoms with Gasteiger partial charge in [0, 0.05) is 13.6 Å². The smallest absolute Gasteiger partial charge is 0.0691 e. The van der Waals surface area contributed by atoms with Crippen LogP contribution < -0.4 is 0 Å². The summed E-state index contributed by atoms with van der Waals surface area (Å²) < 4.78 is 2.47. The van der Waals surface area contributed by atoms with Gasteiger partial charge >= 0.3 is 0 Å². The van der Waals surface area contributed by atoms with E-state index in [2.05, 4.69) is 56.0 Å². The Morgan fingerprint density at radius 2 is 2.21 bits per heavy atom. The van der Waals surface area contributed by atoms with Crippen LogP contribution >= 0.6 is 49.9 Å². The third-order valence-electron chi connectivity index (χ3n) is 2.22. The van der Waals surface area contributed by atoms with E-state index in [9.17, 15) is 5.11 Å². The van der Waals surface area contributed by atoms with E-state index in [1.807, 2.05) is 0 Å². The molecule has 1 N–H and O–H groups in total. The molecule has 0 aliphatic heterocycles. The number of benzene rings is 1. The summed E-state index contributed by atoms with van der Waals surface area (Å²) in [6.45, 7) is 0.116. The minimum Gasteiger partial charge on any atom is -0.392 e. The van der Waals surface area contributed by atoms with E-state index in [4.69, 9.17) is 0 Å². The minimum absolute atomic E-state index is 0.116. The van der Waals surface area contributed by atoms with Crippen LogP contribution in [0.25, 0.3) is 10.1 Å². The molecule has 0 amide bonds. The summed E-state index contributed by atoms with van der Waals surface area (Å²) in [6, 6.07) is 4.25. The minimum atomic E-state index is 0.116. The fraction of sp³-hybridized carbons (Fsp3) is 0.200. The van der Waals surface area contributed by atoms with E-state index in [1.165, 1.54) is 19.2 Å². The lowest BCUT2D eigenvalue weighted by Crippen LogP contribution is -1.95. The highest BCUT2D eigenvalue weighted by Crippen LogP contribution is 2.31. The molecule has 0 aliphatic rings. The van der Waals surface area contributed by atoms with Gasteiger partial charge in [-0.2, -0.15) is 0 Å². The predicted molar refractivity (Wildman–Crippen MR) is 73.1 cm³/mol. The van der Waals surface area contributed by atoms with Crippen molar-refractivity contribution < 1.29 is 5.11 Å². The van der Waals surface area contributed by atoms with Gasteiger partial charge in [0.1, 0.15) is 0 Å². The van der Waals surface area contributed by atoms with Crippen molar-refractivity contribution >= 4 is 59.9 Å². The van der Waals surface area contributed by atoms with E-state index < -0.39 is 0 Å². The predicted octanol–water partition coefficient (Wildman–Crippen LogP) is 3.89. The largest absolute Gasteiger partial charge is 0.392 e. The standard InChI is InChI=1S/C10H8BrIOS/c11-4-7-8(5-13)6-1-2-14-10(6)3-9(7)12/h1-3,13H,4-5H2. The normalized spacial score (nSPS) is 11.1. The fourth-order valence-electron chi connectivity index (χ4n) is 1.52. The first kappa shape index (κ1) is 10.9. The number of aliphatic hydroxyl groups is 1.